The average molecular weight is 299 g/mol. The molecule has 0 aromatic carbocycles. The molecule has 0 amide bonds. The molecular formula is C11H10F5NO3. The van der Waals surface area contributed by atoms with Crippen LogP contribution in [0.5, 0.6) is 5.88 Å². The smallest absolute Gasteiger partial charge is 0.418 e. The zero-order valence-corrected chi connectivity index (χ0v) is 10.4. The molecule has 1 heterocycles. The molecular weight excluding hydrogens is 289 g/mol. The molecule has 20 heavy (non-hydrogen) atoms. The van der Waals surface area contributed by atoms with E-state index in [-0.39, 0.29) is 0 Å². The largest absolute Gasteiger partial charge is 0.481 e. The van der Waals surface area contributed by atoms with Gasteiger partial charge in [-0.2, -0.15) is 13.2 Å². The highest BCUT2D eigenvalue weighted by atomic mass is 19.4. The normalized spacial score (nSPS) is 11.6. The molecule has 0 aliphatic heterocycles. The predicted octanol–water partition coefficient (Wildman–Crippen LogP) is 2.76. The van der Waals surface area contributed by atoms with Crippen molar-refractivity contribution in [3.05, 3.63) is 22.9 Å². The van der Waals surface area contributed by atoms with Gasteiger partial charge in [0.05, 0.1) is 31.9 Å². The minimum Gasteiger partial charge on any atom is -0.481 e. The molecule has 0 aliphatic rings. The number of aromatic nitrogens is 1. The van der Waals surface area contributed by atoms with Crippen molar-refractivity contribution in [3.8, 4) is 5.88 Å². The molecule has 0 fully saturated rings. The summed E-state index contributed by atoms with van der Waals surface area (Å²) in [4.78, 5) is 14.5. The summed E-state index contributed by atoms with van der Waals surface area (Å²) in [6, 6.07) is 0.494. The molecule has 9 heteroatoms. The molecule has 1 rings (SSSR count). The predicted molar refractivity (Wildman–Crippen MR) is 56.5 cm³/mol. The van der Waals surface area contributed by atoms with Crippen LogP contribution < -0.4 is 4.74 Å². The number of halogens is 5. The molecule has 0 unspecified atom stereocenters. The number of pyridine rings is 1. The van der Waals surface area contributed by atoms with E-state index in [0.29, 0.717) is 6.07 Å². The fourth-order valence-electron chi connectivity index (χ4n) is 1.53. The lowest BCUT2D eigenvalue weighted by molar-refractivity contribution is -0.142. The van der Waals surface area contributed by atoms with Gasteiger partial charge >= 0.3 is 12.1 Å². The first-order valence-corrected chi connectivity index (χ1v) is 5.20. The maximum absolute atomic E-state index is 12.9. The monoisotopic (exact) mass is 299 g/mol. The van der Waals surface area contributed by atoms with Gasteiger partial charge in [-0.05, 0) is 0 Å². The number of methoxy groups -OCH3 is 2. The number of hydrogen-bond acceptors (Lipinski definition) is 4. The summed E-state index contributed by atoms with van der Waals surface area (Å²) < 4.78 is 73.0. The third-order valence-electron chi connectivity index (χ3n) is 2.37. The lowest BCUT2D eigenvalue weighted by Gasteiger charge is -2.17. The van der Waals surface area contributed by atoms with Gasteiger partial charge in [-0.25, -0.2) is 13.8 Å². The van der Waals surface area contributed by atoms with E-state index >= 15 is 0 Å². The Labute approximate surface area is 110 Å². The van der Waals surface area contributed by atoms with E-state index in [2.05, 4.69) is 14.5 Å². The van der Waals surface area contributed by atoms with E-state index in [4.69, 9.17) is 0 Å². The van der Waals surface area contributed by atoms with Gasteiger partial charge in [-0.3, -0.25) is 4.79 Å². The highest BCUT2D eigenvalue weighted by Gasteiger charge is 2.40. The Morgan fingerprint density at radius 3 is 2.35 bits per heavy atom. The van der Waals surface area contributed by atoms with Gasteiger partial charge < -0.3 is 9.47 Å². The van der Waals surface area contributed by atoms with Crippen LogP contribution in [0.15, 0.2) is 6.07 Å². The third-order valence-corrected chi connectivity index (χ3v) is 2.37. The van der Waals surface area contributed by atoms with Crippen molar-refractivity contribution in [1.82, 2.24) is 4.98 Å². The molecule has 1 aromatic rings. The summed E-state index contributed by atoms with van der Waals surface area (Å²) in [5.41, 5.74) is -3.79. The Morgan fingerprint density at radius 1 is 1.35 bits per heavy atom. The molecule has 0 spiro atoms. The molecule has 4 nitrogen and oxygen atoms in total. The molecule has 112 valence electrons. The summed E-state index contributed by atoms with van der Waals surface area (Å²) in [6.07, 6.45) is -9.35. The van der Waals surface area contributed by atoms with Crippen molar-refractivity contribution >= 4 is 5.97 Å². The standard InChI is InChI=1S/C11H10F5NO3/c1-19-7-3-5(10(12)13)9(11(14,15)16)6(17-7)4-8(18)20-2/h3,10H,4H2,1-2H3. The Balaban J connectivity index is 3.51. The molecule has 0 aliphatic carbocycles. The van der Waals surface area contributed by atoms with Crippen LogP contribution in [-0.2, 0) is 22.1 Å². The van der Waals surface area contributed by atoms with Crippen LogP contribution in [0.2, 0.25) is 0 Å². The van der Waals surface area contributed by atoms with Gasteiger partial charge in [-0.1, -0.05) is 0 Å². The number of carbonyl (C=O) groups is 1. The second-order valence-electron chi connectivity index (χ2n) is 3.63. The van der Waals surface area contributed by atoms with Gasteiger partial charge in [0.2, 0.25) is 5.88 Å². The fourth-order valence-corrected chi connectivity index (χ4v) is 1.53. The van der Waals surface area contributed by atoms with Gasteiger partial charge in [-0.15, -0.1) is 0 Å². The second-order valence-corrected chi connectivity index (χ2v) is 3.63. The quantitative estimate of drug-likeness (QED) is 0.633. The summed E-state index contributed by atoms with van der Waals surface area (Å²) in [5, 5.41) is 0. The number of esters is 1. The van der Waals surface area contributed by atoms with Gasteiger partial charge in [0.25, 0.3) is 6.43 Å². The maximum atomic E-state index is 12.9. The number of carbonyl (C=O) groups excluding carboxylic acids is 1. The Morgan fingerprint density at radius 2 is 1.95 bits per heavy atom. The Kier molecular flexibility index (Phi) is 4.85. The van der Waals surface area contributed by atoms with Crippen LogP contribution in [0.25, 0.3) is 0 Å². The van der Waals surface area contributed by atoms with Crippen molar-refractivity contribution in [2.45, 2.75) is 19.0 Å². The third kappa shape index (κ3) is 3.55. The highest BCUT2D eigenvalue weighted by Crippen LogP contribution is 2.39. The molecule has 0 bridgehead atoms. The lowest BCUT2D eigenvalue weighted by Crippen LogP contribution is -2.18. The Bertz CT molecular complexity index is 502. The van der Waals surface area contributed by atoms with E-state index in [1.165, 1.54) is 0 Å². The number of hydrogen-bond donors (Lipinski definition) is 0. The SMILES string of the molecule is COC(=O)Cc1nc(OC)cc(C(F)F)c1C(F)(F)F. The topological polar surface area (TPSA) is 48.4 Å². The highest BCUT2D eigenvalue weighted by molar-refractivity contribution is 5.72. The van der Waals surface area contributed by atoms with Crippen LogP contribution in [0.3, 0.4) is 0 Å². The second kappa shape index (κ2) is 6.02. The van der Waals surface area contributed by atoms with Crippen molar-refractivity contribution in [3.63, 3.8) is 0 Å². The minimum absolute atomic E-state index is 0.438. The van der Waals surface area contributed by atoms with E-state index in [0.717, 1.165) is 14.2 Å². The molecule has 0 saturated heterocycles. The summed E-state index contributed by atoms with van der Waals surface area (Å²) in [7, 11) is 2.02. The van der Waals surface area contributed by atoms with Gasteiger partial charge in [0.15, 0.2) is 0 Å². The summed E-state index contributed by atoms with van der Waals surface area (Å²) in [6.45, 7) is 0. The molecule has 0 atom stereocenters. The number of rotatable bonds is 4. The minimum atomic E-state index is -5.08. The number of alkyl halides is 5. The Hall–Kier alpha value is -1.93. The van der Waals surface area contributed by atoms with Gasteiger partial charge in [0, 0.05) is 11.6 Å². The van der Waals surface area contributed by atoms with E-state index in [9.17, 15) is 26.7 Å². The van der Waals surface area contributed by atoms with Crippen LogP contribution in [0, 0.1) is 0 Å². The van der Waals surface area contributed by atoms with Crippen molar-refractivity contribution in [1.29, 1.82) is 0 Å². The summed E-state index contributed by atoms with van der Waals surface area (Å²) >= 11 is 0. The lowest BCUT2D eigenvalue weighted by atomic mass is 10.0. The first-order valence-electron chi connectivity index (χ1n) is 5.20. The summed E-state index contributed by atoms with van der Waals surface area (Å²) in [5.74, 6) is -1.47. The average Bonchev–Trinajstić information content (AvgIpc) is 2.35. The zero-order chi connectivity index (χ0) is 15.5. The number of nitrogens with zero attached hydrogens (tertiary/aromatic N) is 1. The molecule has 0 radical (unpaired) electrons. The van der Waals surface area contributed by atoms with Crippen LogP contribution in [-0.4, -0.2) is 25.2 Å². The maximum Gasteiger partial charge on any atom is 0.418 e. The number of ether oxygens (including phenoxy) is 2. The van der Waals surface area contributed by atoms with E-state index < -0.39 is 47.7 Å². The van der Waals surface area contributed by atoms with Crippen LogP contribution >= 0.6 is 0 Å². The van der Waals surface area contributed by atoms with E-state index in [1.54, 1.807) is 0 Å². The van der Waals surface area contributed by atoms with Crippen molar-refractivity contribution < 1.29 is 36.2 Å². The molecule has 0 N–H and O–H groups in total. The van der Waals surface area contributed by atoms with Crippen molar-refractivity contribution in [2.75, 3.05) is 14.2 Å². The van der Waals surface area contributed by atoms with Crippen LogP contribution in [0.4, 0.5) is 22.0 Å². The van der Waals surface area contributed by atoms with E-state index in [1.807, 2.05) is 0 Å². The van der Waals surface area contributed by atoms with Crippen molar-refractivity contribution in [2.24, 2.45) is 0 Å². The first kappa shape index (κ1) is 16.1. The van der Waals surface area contributed by atoms with Gasteiger partial charge in [0.1, 0.15) is 0 Å². The van der Waals surface area contributed by atoms with Crippen LogP contribution in [0.1, 0.15) is 23.2 Å². The first-order chi connectivity index (χ1) is 9.20. The molecule has 0 saturated carbocycles. The fraction of sp³-hybridized carbons (Fsp3) is 0.455. The zero-order valence-electron chi connectivity index (χ0n) is 10.4. The molecule has 1 aromatic heterocycles.